The summed E-state index contributed by atoms with van der Waals surface area (Å²) in [7, 11) is -3.71. The first-order valence-electron chi connectivity index (χ1n) is 12.0. The van der Waals surface area contributed by atoms with Crippen molar-refractivity contribution in [1.82, 2.24) is 14.9 Å². The molecule has 3 fully saturated rings. The van der Waals surface area contributed by atoms with Crippen LogP contribution in [0.1, 0.15) is 71.6 Å². The first kappa shape index (κ1) is 23.3. The molecule has 0 aromatic carbocycles. The lowest BCUT2D eigenvalue weighted by Crippen LogP contribution is -2.56. The maximum Gasteiger partial charge on any atom is 0.259 e. The summed E-state index contributed by atoms with van der Waals surface area (Å²) >= 11 is 0. The maximum absolute atomic E-state index is 13.2. The van der Waals surface area contributed by atoms with E-state index in [1.165, 1.54) is 0 Å². The molecule has 32 heavy (non-hydrogen) atoms. The van der Waals surface area contributed by atoms with Crippen LogP contribution in [0.2, 0.25) is 0 Å². The third kappa shape index (κ3) is 4.87. The average Bonchev–Trinajstić information content (AvgIpc) is 3.61. The zero-order valence-electron chi connectivity index (χ0n) is 19.0. The molecule has 0 radical (unpaired) electrons. The van der Waals surface area contributed by atoms with Crippen molar-refractivity contribution in [3.8, 4) is 0 Å². The first-order chi connectivity index (χ1) is 15.1. The summed E-state index contributed by atoms with van der Waals surface area (Å²) in [5.41, 5.74) is -1.26. The number of nitrogens with zero attached hydrogens (tertiary/aromatic N) is 1. The zero-order valence-corrected chi connectivity index (χ0v) is 19.8. The molecule has 0 bridgehead atoms. The van der Waals surface area contributed by atoms with Crippen LogP contribution in [-0.4, -0.2) is 54.4 Å². The highest BCUT2D eigenvalue weighted by Crippen LogP contribution is 2.46. The second-order valence-electron chi connectivity index (χ2n) is 10.3. The molecule has 8 nitrogen and oxygen atoms in total. The Morgan fingerprint density at radius 3 is 2.62 bits per heavy atom. The largest absolute Gasteiger partial charge is 0.339 e. The van der Waals surface area contributed by atoms with Crippen molar-refractivity contribution in [2.24, 2.45) is 17.8 Å². The Hall–Kier alpha value is -1.90. The van der Waals surface area contributed by atoms with Gasteiger partial charge in [0, 0.05) is 18.9 Å². The van der Waals surface area contributed by atoms with Gasteiger partial charge in [-0.15, -0.1) is 0 Å². The molecule has 0 spiro atoms. The van der Waals surface area contributed by atoms with Gasteiger partial charge in [0.25, 0.3) is 5.91 Å². The SMILES string of the molecule is C[C@@H]1CC/C=C\[C@@H]2C[C@@]2(C(=O)NS(=O)(=O)C2CC2)NC(=O)[C@@H]2CCCN2C(=O)C[C@H](C)C1. The molecule has 0 unspecified atom stereocenters. The van der Waals surface area contributed by atoms with E-state index in [1.54, 1.807) is 4.90 Å². The zero-order chi connectivity index (χ0) is 23.1. The summed E-state index contributed by atoms with van der Waals surface area (Å²) in [4.78, 5) is 40.9. The Kier molecular flexibility index (Phi) is 6.40. The lowest BCUT2D eigenvalue weighted by atomic mass is 9.91. The van der Waals surface area contributed by atoms with Crippen LogP contribution < -0.4 is 10.0 Å². The van der Waals surface area contributed by atoms with Crippen molar-refractivity contribution in [3.05, 3.63) is 12.2 Å². The normalized spacial score (nSPS) is 37.4. The minimum absolute atomic E-state index is 0.0162. The second-order valence-corrected chi connectivity index (χ2v) is 12.3. The minimum atomic E-state index is -3.71. The van der Waals surface area contributed by atoms with Crippen molar-refractivity contribution < 1.29 is 22.8 Å². The van der Waals surface area contributed by atoms with E-state index in [2.05, 4.69) is 23.9 Å². The fourth-order valence-corrected chi connectivity index (χ4v) is 6.61. The minimum Gasteiger partial charge on any atom is -0.339 e. The van der Waals surface area contributed by atoms with Crippen molar-refractivity contribution in [1.29, 1.82) is 0 Å². The fraction of sp³-hybridized carbons (Fsp3) is 0.783. The van der Waals surface area contributed by atoms with E-state index in [9.17, 15) is 22.8 Å². The van der Waals surface area contributed by atoms with Crippen LogP contribution in [-0.2, 0) is 24.4 Å². The summed E-state index contributed by atoms with van der Waals surface area (Å²) in [6.45, 7) is 4.81. The van der Waals surface area contributed by atoms with Gasteiger partial charge in [-0.3, -0.25) is 19.1 Å². The van der Waals surface area contributed by atoms with Crippen LogP contribution >= 0.6 is 0 Å². The predicted molar refractivity (Wildman–Crippen MR) is 120 cm³/mol. The summed E-state index contributed by atoms with van der Waals surface area (Å²) < 4.78 is 26.9. The van der Waals surface area contributed by atoms with Gasteiger partial charge in [-0.2, -0.15) is 0 Å². The number of hydrogen-bond donors (Lipinski definition) is 2. The Labute approximate surface area is 190 Å². The van der Waals surface area contributed by atoms with Gasteiger partial charge in [0.1, 0.15) is 11.6 Å². The molecular weight excluding hydrogens is 430 g/mol. The highest BCUT2D eigenvalue weighted by atomic mass is 32.2. The van der Waals surface area contributed by atoms with E-state index in [0.717, 1.165) is 25.7 Å². The van der Waals surface area contributed by atoms with E-state index in [1.807, 2.05) is 12.2 Å². The molecule has 178 valence electrons. The highest BCUT2D eigenvalue weighted by Gasteiger charge is 2.61. The Morgan fingerprint density at radius 2 is 1.91 bits per heavy atom. The van der Waals surface area contributed by atoms with Crippen LogP contribution in [0.25, 0.3) is 0 Å². The summed E-state index contributed by atoms with van der Waals surface area (Å²) in [6.07, 6.45) is 9.96. The quantitative estimate of drug-likeness (QED) is 0.618. The van der Waals surface area contributed by atoms with Gasteiger partial charge in [0.2, 0.25) is 21.8 Å². The number of amides is 3. The van der Waals surface area contributed by atoms with Gasteiger partial charge in [-0.05, 0) is 63.2 Å². The van der Waals surface area contributed by atoms with Crippen LogP contribution in [0.4, 0.5) is 0 Å². The lowest BCUT2D eigenvalue weighted by molar-refractivity contribution is -0.140. The Balaban J connectivity index is 1.56. The smallest absolute Gasteiger partial charge is 0.259 e. The van der Waals surface area contributed by atoms with E-state index < -0.39 is 32.8 Å². The summed E-state index contributed by atoms with van der Waals surface area (Å²) in [5, 5.41) is 2.36. The third-order valence-corrected chi connectivity index (χ3v) is 9.18. The van der Waals surface area contributed by atoms with Crippen molar-refractivity contribution in [2.75, 3.05) is 6.54 Å². The summed E-state index contributed by atoms with van der Waals surface area (Å²) in [5.74, 6) is -0.564. The van der Waals surface area contributed by atoms with Crippen LogP contribution in [0, 0.1) is 17.8 Å². The van der Waals surface area contributed by atoms with Gasteiger partial charge in [0.15, 0.2) is 0 Å². The molecule has 4 rings (SSSR count). The van der Waals surface area contributed by atoms with Gasteiger partial charge in [0.05, 0.1) is 5.25 Å². The molecule has 2 aliphatic carbocycles. The van der Waals surface area contributed by atoms with Gasteiger partial charge < -0.3 is 10.2 Å². The molecule has 0 aromatic heterocycles. The number of rotatable bonds is 3. The van der Waals surface area contributed by atoms with E-state index in [4.69, 9.17) is 0 Å². The molecule has 4 aliphatic rings. The Morgan fingerprint density at radius 1 is 1.16 bits per heavy atom. The molecule has 1 saturated heterocycles. The molecule has 2 saturated carbocycles. The van der Waals surface area contributed by atoms with Crippen LogP contribution in [0.3, 0.4) is 0 Å². The molecule has 5 atom stereocenters. The second kappa shape index (κ2) is 8.80. The van der Waals surface area contributed by atoms with Crippen LogP contribution in [0.5, 0.6) is 0 Å². The van der Waals surface area contributed by atoms with Crippen molar-refractivity contribution in [2.45, 2.75) is 88.5 Å². The van der Waals surface area contributed by atoms with E-state index in [-0.39, 0.29) is 23.7 Å². The number of carbonyl (C=O) groups excluding carboxylic acids is 3. The van der Waals surface area contributed by atoms with Crippen molar-refractivity contribution in [3.63, 3.8) is 0 Å². The Bertz CT molecular complexity index is 913. The molecular formula is C23H35N3O5S. The van der Waals surface area contributed by atoms with Gasteiger partial charge in [-0.25, -0.2) is 8.42 Å². The average molecular weight is 466 g/mol. The molecule has 2 N–H and O–H groups in total. The number of nitrogens with one attached hydrogen (secondary N) is 2. The molecule has 3 amide bonds. The number of fused-ring (bicyclic) bond motifs is 2. The molecule has 9 heteroatoms. The van der Waals surface area contributed by atoms with Crippen LogP contribution in [0.15, 0.2) is 12.2 Å². The highest BCUT2D eigenvalue weighted by molar-refractivity contribution is 7.91. The molecule has 2 aliphatic heterocycles. The topological polar surface area (TPSA) is 113 Å². The molecule has 2 heterocycles. The predicted octanol–water partition coefficient (Wildman–Crippen LogP) is 1.86. The lowest BCUT2D eigenvalue weighted by Gasteiger charge is -2.28. The van der Waals surface area contributed by atoms with E-state index in [0.29, 0.717) is 44.6 Å². The van der Waals surface area contributed by atoms with Gasteiger partial charge >= 0.3 is 0 Å². The monoisotopic (exact) mass is 465 g/mol. The van der Waals surface area contributed by atoms with Crippen molar-refractivity contribution >= 4 is 27.7 Å². The number of allylic oxidation sites excluding steroid dienone is 1. The number of hydrogen-bond acceptors (Lipinski definition) is 5. The van der Waals surface area contributed by atoms with Gasteiger partial charge in [-0.1, -0.05) is 26.0 Å². The number of sulfonamides is 1. The third-order valence-electron chi connectivity index (χ3n) is 7.36. The fourth-order valence-electron chi connectivity index (χ4n) is 5.25. The maximum atomic E-state index is 13.2. The number of carbonyl (C=O) groups is 3. The summed E-state index contributed by atoms with van der Waals surface area (Å²) in [6, 6.07) is -0.604. The standard InChI is InChI=1S/C23H35N3O5S/c1-15-6-3-4-7-17-14-23(17,22(29)25-32(30,31)18-9-10-18)24-21(28)19-8-5-11-26(19)20(27)13-16(2)12-15/h4,7,15-19H,3,5-6,8-14H2,1-2H3,(H,24,28)(H,25,29)/b7-4-/t15-,16-,17-,19+,23-/m1/s1. The first-order valence-corrected chi connectivity index (χ1v) is 13.5. The molecule has 0 aromatic rings. The van der Waals surface area contributed by atoms with E-state index >= 15 is 0 Å².